The summed E-state index contributed by atoms with van der Waals surface area (Å²) < 4.78 is 11.4. The summed E-state index contributed by atoms with van der Waals surface area (Å²) in [6.45, 7) is -0.126. The summed E-state index contributed by atoms with van der Waals surface area (Å²) in [6, 6.07) is 4.80. The van der Waals surface area contributed by atoms with E-state index in [1.807, 2.05) is 0 Å². The maximum atomic E-state index is 11.4. The summed E-state index contributed by atoms with van der Waals surface area (Å²) in [5.41, 5.74) is 6.03. The van der Waals surface area contributed by atoms with E-state index in [-0.39, 0.29) is 12.4 Å². The van der Waals surface area contributed by atoms with Gasteiger partial charge in [0.25, 0.3) is 0 Å². The van der Waals surface area contributed by atoms with Gasteiger partial charge in [0.05, 0.1) is 28.1 Å². The number of hydrogen-bond acceptors (Lipinski definition) is 3. The Morgan fingerprint density at radius 2 is 2.23 bits per heavy atom. The minimum Gasteiger partial charge on any atom is -0.398 e. The van der Waals surface area contributed by atoms with Gasteiger partial charge in [-0.2, -0.15) is 0 Å². The van der Waals surface area contributed by atoms with Gasteiger partial charge < -0.3 is 10.8 Å². The summed E-state index contributed by atoms with van der Waals surface area (Å²) in [5.74, 6) is 0.185. The third-order valence-corrected chi connectivity index (χ3v) is 3.13. The SMILES string of the molecule is Nc1ccc(Cl)cc1S(=O)CCO. The molecule has 1 aromatic carbocycles. The zero-order valence-electron chi connectivity index (χ0n) is 6.87. The van der Waals surface area contributed by atoms with Crippen LogP contribution in [0.2, 0.25) is 5.02 Å². The Hall–Kier alpha value is -0.580. The van der Waals surface area contributed by atoms with Gasteiger partial charge in [-0.3, -0.25) is 4.21 Å². The molecule has 0 radical (unpaired) electrons. The van der Waals surface area contributed by atoms with Crippen LogP contribution in [0.5, 0.6) is 0 Å². The monoisotopic (exact) mass is 219 g/mol. The van der Waals surface area contributed by atoms with Crippen LogP contribution in [0.25, 0.3) is 0 Å². The van der Waals surface area contributed by atoms with Gasteiger partial charge in [0.15, 0.2) is 0 Å². The fraction of sp³-hybridized carbons (Fsp3) is 0.250. The summed E-state index contributed by atoms with van der Waals surface area (Å²) in [6.07, 6.45) is 0. The largest absolute Gasteiger partial charge is 0.398 e. The van der Waals surface area contributed by atoms with Crippen LogP contribution in [0, 0.1) is 0 Å². The van der Waals surface area contributed by atoms with Crippen molar-refractivity contribution in [2.24, 2.45) is 0 Å². The highest BCUT2D eigenvalue weighted by atomic mass is 35.5. The van der Waals surface area contributed by atoms with Crippen LogP contribution in [0.1, 0.15) is 0 Å². The lowest BCUT2D eigenvalue weighted by Crippen LogP contribution is -2.04. The highest BCUT2D eigenvalue weighted by Gasteiger charge is 2.07. The molecule has 72 valence electrons. The number of anilines is 1. The maximum absolute atomic E-state index is 11.4. The van der Waals surface area contributed by atoms with E-state index in [0.717, 1.165) is 0 Å². The molecule has 0 aliphatic heterocycles. The molecular formula is C8H10ClNO2S. The van der Waals surface area contributed by atoms with E-state index in [2.05, 4.69) is 0 Å². The highest BCUT2D eigenvalue weighted by Crippen LogP contribution is 2.21. The topological polar surface area (TPSA) is 63.3 Å². The van der Waals surface area contributed by atoms with Gasteiger partial charge in [0.2, 0.25) is 0 Å². The van der Waals surface area contributed by atoms with Crippen molar-refractivity contribution in [2.45, 2.75) is 4.90 Å². The van der Waals surface area contributed by atoms with Gasteiger partial charge in [0.1, 0.15) is 0 Å². The first-order valence-corrected chi connectivity index (χ1v) is 5.39. The molecule has 0 aromatic heterocycles. The zero-order chi connectivity index (χ0) is 9.84. The van der Waals surface area contributed by atoms with E-state index >= 15 is 0 Å². The fourth-order valence-electron chi connectivity index (χ4n) is 0.898. The van der Waals surface area contributed by atoms with Crippen molar-refractivity contribution in [3.63, 3.8) is 0 Å². The number of nitrogens with two attached hydrogens (primary N) is 1. The van der Waals surface area contributed by atoms with Crippen molar-refractivity contribution in [3.8, 4) is 0 Å². The minimum atomic E-state index is -1.26. The summed E-state index contributed by atoms with van der Waals surface area (Å²) in [7, 11) is -1.26. The van der Waals surface area contributed by atoms with E-state index in [1.54, 1.807) is 18.2 Å². The molecule has 0 heterocycles. The molecule has 0 aliphatic carbocycles. The Kier molecular flexibility index (Phi) is 3.71. The average molecular weight is 220 g/mol. The molecule has 1 rings (SSSR count). The molecule has 1 unspecified atom stereocenters. The first kappa shape index (κ1) is 10.5. The smallest absolute Gasteiger partial charge is 0.0633 e. The molecule has 5 heteroatoms. The predicted molar refractivity (Wildman–Crippen MR) is 54.2 cm³/mol. The van der Waals surface area contributed by atoms with Gasteiger partial charge in [-0.15, -0.1) is 0 Å². The van der Waals surface area contributed by atoms with Crippen LogP contribution in [0.15, 0.2) is 23.1 Å². The van der Waals surface area contributed by atoms with Gasteiger partial charge in [-0.05, 0) is 18.2 Å². The van der Waals surface area contributed by atoms with Crippen molar-refractivity contribution in [1.29, 1.82) is 0 Å². The van der Waals surface area contributed by atoms with Crippen molar-refractivity contribution in [2.75, 3.05) is 18.1 Å². The number of benzene rings is 1. The Labute approximate surface area is 84.0 Å². The van der Waals surface area contributed by atoms with Gasteiger partial charge >= 0.3 is 0 Å². The first-order chi connectivity index (χ1) is 6.15. The summed E-state index contributed by atoms with van der Waals surface area (Å²) >= 11 is 5.71. The highest BCUT2D eigenvalue weighted by molar-refractivity contribution is 7.85. The standard InChI is InChI=1S/C8H10ClNO2S/c9-6-1-2-7(10)8(5-6)13(12)4-3-11/h1-2,5,11H,3-4,10H2. The normalized spacial score (nSPS) is 12.8. The number of hydrogen-bond donors (Lipinski definition) is 2. The number of halogens is 1. The molecule has 0 amide bonds. The van der Waals surface area contributed by atoms with Gasteiger partial charge in [-0.1, -0.05) is 11.6 Å². The van der Waals surface area contributed by atoms with Crippen molar-refractivity contribution in [1.82, 2.24) is 0 Å². The summed E-state index contributed by atoms with van der Waals surface area (Å²) in [5, 5.41) is 9.09. The molecular weight excluding hydrogens is 210 g/mol. The van der Waals surface area contributed by atoms with Crippen LogP contribution in [0.3, 0.4) is 0 Å². The lowest BCUT2D eigenvalue weighted by atomic mass is 10.3. The molecule has 0 bridgehead atoms. The van der Waals surface area contributed by atoms with E-state index < -0.39 is 10.8 Å². The molecule has 3 N–H and O–H groups in total. The number of nitrogen functional groups attached to an aromatic ring is 1. The number of aliphatic hydroxyl groups excluding tert-OH is 1. The lowest BCUT2D eigenvalue weighted by Gasteiger charge is -2.04. The molecule has 0 aliphatic rings. The van der Waals surface area contributed by atoms with Crippen molar-refractivity contribution >= 4 is 28.1 Å². The zero-order valence-corrected chi connectivity index (χ0v) is 8.44. The average Bonchev–Trinajstić information content (AvgIpc) is 2.09. The van der Waals surface area contributed by atoms with Crippen molar-refractivity contribution < 1.29 is 9.32 Å². The molecule has 3 nitrogen and oxygen atoms in total. The number of rotatable bonds is 3. The predicted octanol–water partition coefficient (Wildman–Crippen LogP) is 1.02. The second-order valence-electron chi connectivity index (χ2n) is 2.46. The Morgan fingerprint density at radius 1 is 1.54 bits per heavy atom. The third-order valence-electron chi connectivity index (χ3n) is 1.50. The Balaban J connectivity index is 2.99. The molecule has 1 aromatic rings. The van der Waals surface area contributed by atoms with Crippen molar-refractivity contribution in [3.05, 3.63) is 23.2 Å². The molecule has 0 fully saturated rings. The van der Waals surface area contributed by atoms with Crippen LogP contribution < -0.4 is 5.73 Å². The minimum absolute atomic E-state index is 0.126. The fourth-order valence-corrected chi connectivity index (χ4v) is 2.11. The second kappa shape index (κ2) is 4.60. The van der Waals surface area contributed by atoms with Gasteiger partial charge in [-0.25, -0.2) is 0 Å². The lowest BCUT2D eigenvalue weighted by molar-refractivity contribution is 0.321. The number of aliphatic hydroxyl groups is 1. The second-order valence-corrected chi connectivity index (χ2v) is 4.43. The molecule has 0 saturated heterocycles. The van der Waals surface area contributed by atoms with E-state index in [9.17, 15) is 4.21 Å². The maximum Gasteiger partial charge on any atom is 0.0633 e. The van der Waals surface area contributed by atoms with Crippen LogP contribution in [-0.2, 0) is 10.8 Å². The molecule has 0 spiro atoms. The molecule has 1 atom stereocenters. The Morgan fingerprint density at radius 3 is 2.85 bits per heavy atom. The third kappa shape index (κ3) is 2.69. The van der Waals surface area contributed by atoms with Crippen LogP contribution in [0.4, 0.5) is 5.69 Å². The Bertz CT molecular complexity index is 330. The van der Waals surface area contributed by atoms with Crippen LogP contribution >= 0.6 is 11.6 Å². The van der Waals surface area contributed by atoms with E-state index in [4.69, 9.17) is 22.4 Å². The first-order valence-electron chi connectivity index (χ1n) is 3.69. The quantitative estimate of drug-likeness (QED) is 0.747. The molecule has 0 saturated carbocycles. The van der Waals surface area contributed by atoms with E-state index in [1.165, 1.54) is 0 Å². The molecule has 13 heavy (non-hydrogen) atoms. The summed E-state index contributed by atoms with van der Waals surface area (Å²) in [4.78, 5) is 0.488. The van der Waals surface area contributed by atoms with Crippen LogP contribution in [-0.4, -0.2) is 21.7 Å². The van der Waals surface area contributed by atoms with Gasteiger partial charge in [0, 0.05) is 10.7 Å². The van der Waals surface area contributed by atoms with E-state index in [0.29, 0.717) is 15.6 Å².